The lowest BCUT2D eigenvalue weighted by Gasteiger charge is -2.32. The van der Waals surface area contributed by atoms with Gasteiger partial charge in [-0.3, -0.25) is 9.59 Å². The van der Waals surface area contributed by atoms with E-state index in [-0.39, 0.29) is 37.2 Å². The van der Waals surface area contributed by atoms with Crippen molar-refractivity contribution in [2.45, 2.75) is 12.5 Å². The molecule has 0 spiro atoms. The van der Waals surface area contributed by atoms with Gasteiger partial charge in [0.25, 0.3) is 0 Å². The van der Waals surface area contributed by atoms with Gasteiger partial charge in [0.2, 0.25) is 5.91 Å². The number of ketones is 1. The zero-order chi connectivity index (χ0) is 25.8. The van der Waals surface area contributed by atoms with Gasteiger partial charge >= 0.3 is 0 Å². The standard InChI is InChI=1S/C28H22Cl4N2O2.ClH/c29-22-8-6-18(12-24(22)31)10-20-15-34(28(36)26(33)14-17-4-2-1-3-5-17)16-21(27(20)35)11-19-7-9-23(30)25(32)13-19;/h1-13,26H,14-16,33H2;1H/b20-10+,21-11+;/t26-;/m1./s1. The van der Waals surface area contributed by atoms with Crippen molar-refractivity contribution in [2.24, 2.45) is 5.73 Å². The molecule has 3 aromatic carbocycles. The summed E-state index contributed by atoms with van der Waals surface area (Å²) in [5.41, 5.74) is 9.54. The van der Waals surface area contributed by atoms with Crippen LogP contribution in [0.5, 0.6) is 0 Å². The number of piperidine rings is 1. The van der Waals surface area contributed by atoms with Crippen molar-refractivity contribution < 1.29 is 9.59 Å². The van der Waals surface area contributed by atoms with Crippen LogP contribution in [0, 0.1) is 0 Å². The third-order valence-electron chi connectivity index (χ3n) is 5.80. The number of hydrogen-bond acceptors (Lipinski definition) is 3. The van der Waals surface area contributed by atoms with E-state index in [4.69, 9.17) is 52.1 Å². The molecule has 0 bridgehead atoms. The number of likely N-dealkylation sites (tertiary alicyclic amines) is 1. The first kappa shape index (κ1) is 29.2. The van der Waals surface area contributed by atoms with Crippen molar-refractivity contribution in [3.05, 3.63) is 115 Å². The molecule has 1 amide bonds. The number of carbonyl (C=O) groups excluding carboxylic acids is 2. The average Bonchev–Trinajstić information content (AvgIpc) is 2.86. The predicted molar refractivity (Wildman–Crippen MR) is 156 cm³/mol. The van der Waals surface area contributed by atoms with E-state index in [1.807, 2.05) is 30.3 Å². The molecule has 192 valence electrons. The summed E-state index contributed by atoms with van der Waals surface area (Å²) in [6.45, 7) is 0.248. The van der Waals surface area contributed by atoms with Crippen LogP contribution >= 0.6 is 58.8 Å². The van der Waals surface area contributed by atoms with Gasteiger partial charge in [-0.25, -0.2) is 0 Å². The molecule has 0 saturated carbocycles. The lowest BCUT2D eigenvalue weighted by Crippen LogP contribution is -2.49. The number of amides is 1. The highest BCUT2D eigenvalue weighted by Gasteiger charge is 2.31. The highest BCUT2D eigenvalue weighted by molar-refractivity contribution is 6.42. The van der Waals surface area contributed by atoms with Gasteiger partial charge in [-0.15, -0.1) is 12.4 Å². The molecule has 1 aliphatic rings. The fourth-order valence-electron chi connectivity index (χ4n) is 3.99. The first-order chi connectivity index (χ1) is 17.2. The van der Waals surface area contributed by atoms with Gasteiger partial charge in [0.05, 0.1) is 26.1 Å². The smallest absolute Gasteiger partial charge is 0.240 e. The van der Waals surface area contributed by atoms with Crippen molar-refractivity contribution in [3.63, 3.8) is 0 Å². The summed E-state index contributed by atoms with van der Waals surface area (Å²) in [7, 11) is 0. The highest BCUT2D eigenvalue weighted by Crippen LogP contribution is 2.28. The first-order valence-electron chi connectivity index (χ1n) is 11.2. The van der Waals surface area contributed by atoms with Crippen molar-refractivity contribution in [2.75, 3.05) is 13.1 Å². The summed E-state index contributed by atoms with van der Waals surface area (Å²) in [4.78, 5) is 28.4. The zero-order valence-corrected chi connectivity index (χ0v) is 23.3. The lowest BCUT2D eigenvalue weighted by molar-refractivity contribution is -0.132. The largest absolute Gasteiger partial charge is 0.332 e. The number of nitrogens with zero attached hydrogens (tertiary/aromatic N) is 1. The molecule has 2 N–H and O–H groups in total. The second-order valence-corrected chi connectivity index (χ2v) is 10.1. The molecule has 3 aromatic rings. The van der Waals surface area contributed by atoms with E-state index in [9.17, 15) is 9.59 Å². The molecular weight excluding hydrogens is 574 g/mol. The SMILES string of the molecule is Cl.N[C@H](Cc1ccccc1)C(=O)N1C/C(=C\c2ccc(Cl)c(Cl)c2)C(=O)/C(=C/c2ccc(Cl)c(Cl)c2)C1. The van der Waals surface area contributed by atoms with Gasteiger partial charge < -0.3 is 10.6 Å². The van der Waals surface area contributed by atoms with E-state index in [0.29, 0.717) is 48.8 Å². The fraction of sp³-hybridized carbons (Fsp3) is 0.143. The Labute approximate surface area is 242 Å². The third-order valence-corrected chi connectivity index (χ3v) is 7.28. The van der Waals surface area contributed by atoms with Crippen LogP contribution in [0.1, 0.15) is 16.7 Å². The second kappa shape index (κ2) is 13.0. The molecule has 0 unspecified atom stereocenters. The maximum absolute atomic E-state index is 13.4. The molecule has 0 aromatic heterocycles. The number of halogens is 5. The minimum Gasteiger partial charge on any atom is -0.332 e. The topological polar surface area (TPSA) is 63.4 Å². The highest BCUT2D eigenvalue weighted by atomic mass is 35.5. The predicted octanol–water partition coefficient (Wildman–Crippen LogP) is 7.17. The molecule has 37 heavy (non-hydrogen) atoms. The van der Waals surface area contributed by atoms with Crippen molar-refractivity contribution >= 4 is 82.7 Å². The maximum atomic E-state index is 13.4. The number of benzene rings is 3. The normalized spacial score (nSPS) is 16.6. The third kappa shape index (κ3) is 7.38. The Morgan fingerprint density at radius 1 is 0.811 bits per heavy atom. The van der Waals surface area contributed by atoms with Crippen LogP contribution in [0.4, 0.5) is 0 Å². The van der Waals surface area contributed by atoms with E-state index in [1.165, 1.54) is 0 Å². The van der Waals surface area contributed by atoms with Crippen LogP contribution in [0.3, 0.4) is 0 Å². The summed E-state index contributed by atoms with van der Waals surface area (Å²) in [5.74, 6) is -0.417. The quantitative estimate of drug-likeness (QED) is 0.318. The lowest BCUT2D eigenvalue weighted by atomic mass is 9.93. The van der Waals surface area contributed by atoms with Gasteiger partial charge in [0.15, 0.2) is 5.78 Å². The molecule has 1 saturated heterocycles. The van der Waals surface area contributed by atoms with Crippen LogP contribution in [0.25, 0.3) is 12.2 Å². The molecule has 1 heterocycles. The Morgan fingerprint density at radius 2 is 1.30 bits per heavy atom. The van der Waals surface area contributed by atoms with E-state index < -0.39 is 6.04 Å². The van der Waals surface area contributed by atoms with Crippen LogP contribution < -0.4 is 5.73 Å². The molecule has 1 aliphatic heterocycles. The zero-order valence-electron chi connectivity index (χ0n) is 19.5. The summed E-state index contributed by atoms with van der Waals surface area (Å²) >= 11 is 24.4. The number of rotatable bonds is 5. The van der Waals surface area contributed by atoms with Crippen LogP contribution in [0.15, 0.2) is 77.9 Å². The van der Waals surface area contributed by atoms with E-state index in [0.717, 1.165) is 5.56 Å². The van der Waals surface area contributed by atoms with Gasteiger partial charge in [0, 0.05) is 24.2 Å². The van der Waals surface area contributed by atoms with Crippen LogP contribution in [-0.4, -0.2) is 35.7 Å². The van der Waals surface area contributed by atoms with Crippen LogP contribution in [0.2, 0.25) is 20.1 Å². The number of carbonyl (C=O) groups is 2. The fourth-order valence-corrected chi connectivity index (χ4v) is 4.60. The summed E-state index contributed by atoms with van der Waals surface area (Å²) in [5, 5.41) is 1.58. The Balaban J connectivity index is 0.00000380. The molecule has 4 nitrogen and oxygen atoms in total. The van der Waals surface area contributed by atoms with Crippen molar-refractivity contribution in [3.8, 4) is 0 Å². The number of nitrogens with two attached hydrogens (primary N) is 1. The van der Waals surface area contributed by atoms with Gasteiger partial charge in [-0.05, 0) is 59.5 Å². The van der Waals surface area contributed by atoms with E-state index in [2.05, 4.69) is 0 Å². The second-order valence-electron chi connectivity index (χ2n) is 8.51. The van der Waals surface area contributed by atoms with Gasteiger partial charge in [0.1, 0.15) is 0 Å². The Bertz CT molecular complexity index is 1300. The number of hydrogen-bond donors (Lipinski definition) is 1. The van der Waals surface area contributed by atoms with Gasteiger partial charge in [-0.1, -0.05) is 88.9 Å². The monoisotopic (exact) mass is 594 g/mol. The minimum atomic E-state index is -0.752. The minimum absolute atomic E-state index is 0. The molecular formula is C28H23Cl5N2O2. The molecule has 4 rings (SSSR count). The average molecular weight is 597 g/mol. The van der Waals surface area contributed by atoms with Crippen molar-refractivity contribution in [1.82, 2.24) is 4.90 Å². The Morgan fingerprint density at radius 3 is 1.76 bits per heavy atom. The molecule has 1 atom stereocenters. The Hall–Kier alpha value is -2.31. The maximum Gasteiger partial charge on any atom is 0.240 e. The number of Topliss-reactive ketones (excluding diaryl/α,β-unsaturated/α-hetero) is 1. The van der Waals surface area contributed by atoms with E-state index in [1.54, 1.807) is 53.5 Å². The summed E-state index contributed by atoms with van der Waals surface area (Å²) in [6.07, 6.45) is 3.83. The Kier molecular flexibility index (Phi) is 10.3. The molecule has 1 fully saturated rings. The molecule has 0 radical (unpaired) electrons. The summed E-state index contributed by atoms with van der Waals surface area (Å²) < 4.78 is 0. The van der Waals surface area contributed by atoms with Gasteiger partial charge in [-0.2, -0.15) is 0 Å². The first-order valence-corrected chi connectivity index (χ1v) is 12.7. The van der Waals surface area contributed by atoms with Crippen LogP contribution in [-0.2, 0) is 16.0 Å². The molecule has 9 heteroatoms. The molecule has 0 aliphatic carbocycles. The van der Waals surface area contributed by atoms with E-state index >= 15 is 0 Å². The van der Waals surface area contributed by atoms with Crippen molar-refractivity contribution in [1.29, 1.82) is 0 Å². The summed E-state index contributed by atoms with van der Waals surface area (Å²) in [6, 6.07) is 19.0.